The monoisotopic (exact) mass is 483 g/mol. The molecule has 0 radical (unpaired) electrons. The molecule has 2 aromatic heterocycles. The molecule has 3 heterocycles. The van der Waals surface area contributed by atoms with Crippen LogP contribution in [0, 0.1) is 11.6 Å². The number of rotatable bonds is 6. The number of amides is 1. The van der Waals surface area contributed by atoms with Gasteiger partial charge in [-0.2, -0.15) is 0 Å². The number of benzene rings is 1. The number of fused-ring (bicyclic) bond motifs is 1. The van der Waals surface area contributed by atoms with E-state index in [1.807, 2.05) is 0 Å². The highest BCUT2D eigenvalue weighted by atomic mass is 19.1. The number of hydrogen-bond acceptors (Lipinski definition) is 6. The van der Waals surface area contributed by atoms with Gasteiger partial charge in [0.05, 0.1) is 19.2 Å². The van der Waals surface area contributed by atoms with Crippen molar-refractivity contribution in [1.82, 2.24) is 14.5 Å². The lowest BCUT2D eigenvalue weighted by Crippen LogP contribution is -2.35. The fraction of sp³-hybridized carbons (Fsp3) is 0.280. The van der Waals surface area contributed by atoms with Crippen LogP contribution in [0.5, 0.6) is 5.75 Å². The van der Waals surface area contributed by atoms with Gasteiger partial charge in [-0.3, -0.25) is 14.6 Å². The summed E-state index contributed by atoms with van der Waals surface area (Å²) >= 11 is 0. The van der Waals surface area contributed by atoms with Crippen LogP contribution in [0.4, 0.5) is 8.78 Å². The third-order valence-corrected chi connectivity index (χ3v) is 5.79. The van der Waals surface area contributed by atoms with Gasteiger partial charge in [-0.1, -0.05) is 6.07 Å². The summed E-state index contributed by atoms with van der Waals surface area (Å²) in [7, 11) is 1.23. The van der Waals surface area contributed by atoms with E-state index in [0.29, 0.717) is 11.4 Å². The van der Waals surface area contributed by atoms with Crippen LogP contribution in [0.15, 0.2) is 53.5 Å². The third kappa shape index (κ3) is 5.37. The minimum absolute atomic E-state index is 0.0392. The Balaban J connectivity index is 1.59. The number of methoxy groups -OCH3 is 1. The minimum atomic E-state index is -0.675. The highest BCUT2D eigenvalue weighted by Crippen LogP contribution is 2.25. The van der Waals surface area contributed by atoms with E-state index < -0.39 is 29.1 Å². The molecule has 10 heteroatoms. The average Bonchev–Trinajstić information content (AvgIpc) is 3.09. The predicted molar refractivity (Wildman–Crippen MR) is 121 cm³/mol. The molecule has 8 nitrogen and oxygen atoms in total. The van der Waals surface area contributed by atoms with E-state index in [1.165, 1.54) is 22.6 Å². The summed E-state index contributed by atoms with van der Waals surface area (Å²) in [6, 6.07) is 9.47. The number of carbonyl (C=O) groups excluding carboxylic acids is 2. The van der Waals surface area contributed by atoms with Crippen LogP contribution in [-0.2, 0) is 35.5 Å². The predicted octanol–water partition coefficient (Wildman–Crippen LogP) is 2.51. The van der Waals surface area contributed by atoms with Gasteiger partial charge in [0, 0.05) is 49.6 Å². The highest BCUT2D eigenvalue weighted by molar-refractivity contribution is 5.93. The molecule has 4 rings (SSSR count). The lowest BCUT2D eigenvalue weighted by molar-refractivity contribution is -0.130. The minimum Gasteiger partial charge on any atom is -0.486 e. The van der Waals surface area contributed by atoms with Gasteiger partial charge >= 0.3 is 5.97 Å². The van der Waals surface area contributed by atoms with Gasteiger partial charge in [0.15, 0.2) is 0 Å². The summed E-state index contributed by atoms with van der Waals surface area (Å²) in [4.78, 5) is 44.0. The summed E-state index contributed by atoms with van der Waals surface area (Å²) in [5.74, 6) is -2.32. The van der Waals surface area contributed by atoms with Crippen LogP contribution in [0.1, 0.15) is 27.3 Å². The summed E-state index contributed by atoms with van der Waals surface area (Å²) in [5, 5.41) is 0. The number of esters is 1. The number of halogens is 2. The first-order chi connectivity index (χ1) is 16.9. The van der Waals surface area contributed by atoms with Crippen molar-refractivity contribution in [3.63, 3.8) is 0 Å². The Kier molecular flexibility index (Phi) is 7.19. The van der Waals surface area contributed by atoms with Crippen molar-refractivity contribution in [2.75, 3.05) is 20.2 Å². The number of ether oxygens (including phenoxy) is 2. The molecule has 0 spiro atoms. The maximum Gasteiger partial charge on any atom is 0.343 e. The molecule has 3 aromatic rings. The summed E-state index contributed by atoms with van der Waals surface area (Å²) in [6.45, 7) is 0.494. The zero-order valence-electron chi connectivity index (χ0n) is 19.0. The first-order valence-corrected chi connectivity index (χ1v) is 11.0. The molecule has 1 aromatic carbocycles. The number of carbonyl (C=O) groups is 2. The fourth-order valence-corrected chi connectivity index (χ4v) is 4.02. The molecule has 1 aliphatic rings. The Morgan fingerprint density at radius 1 is 1.09 bits per heavy atom. The molecule has 0 bridgehead atoms. The first-order valence-electron chi connectivity index (χ1n) is 11.0. The van der Waals surface area contributed by atoms with Crippen LogP contribution in [0.3, 0.4) is 0 Å². The quantitative estimate of drug-likeness (QED) is 0.501. The standard InChI is InChI=1S/C25H23F2N3O5/c1-34-25(33)24-20-7-9-29(22(31)13-16-12-17(26)5-6-19(16)27)10-11-30(20)23(32)14-21(24)35-15-18-4-2-3-8-28-18/h2-6,8,12,14H,7,9-11,13,15H2,1H3. The van der Waals surface area contributed by atoms with Crippen LogP contribution in [0.25, 0.3) is 0 Å². The molecule has 35 heavy (non-hydrogen) atoms. The molecule has 1 amide bonds. The largest absolute Gasteiger partial charge is 0.486 e. The van der Waals surface area contributed by atoms with Crippen molar-refractivity contribution in [2.24, 2.45) is 0 Å². The van der Waals surface area contributed by atoms with Crippen molar-refractivity contribution < 1.29 is 27.8 Å². The zero-order valence-corrected chi connectivity index (χ0v) is 19.0. The number of pyridine rings is 2. The van der Waals surface area contributed by atoms with E-state index in [0.717, 1.165) is 18.2 Å². The Bertz CT molecular complexity index is 1310. The van der Waals surface area contributed by atoms with Gasteiger partial charge in [-0.15, -0.1) is 0 Å². The van der Waals surface area contributed by atoms with Crippen LogP contribution < -0.4 is 10.3 Å². The number of hydrogen-bond donors (Lipinski definition) is 0. The van der Waals surface area contributed by atoms with Crippen molar-refractivity contribution in [1.29, 1.82) is 0 Å². The van der Waals surface area contributed by atoms with E-state index in [1.54, 1.807) is 24.4 Å². The van der Waals surface area contributed by atoms with Crippen LogP contribution >= 0.6 is 0 Å². The molecule has 0 saturated heterocycles. The van der Waals surface area contributed by atoms with Crippen molar-refractivity contribution >= 4 is 11.9 Å². The van der Waals surface area contributed by atoms with Gasteiger partial charge in [-0.05, 0) is 30.3 Å². The molecule has 0 atom stereocenters. The van der Waals surface area contributed by atoms with Crippen LogP contribution in [-0.4, -0.2) is 46.5 Å². The van der Waals surface area contributed by atoms with Crippen molar-refractivity contribution in [2.45, 2.75) is 26.0 Å². The molecule has 0 fully saturated rings. The van der Waals surface area contributed by atoms with Gasteiger partial charge in [0.2, 0.25) is 5.91 Å². The molecular formula is C25H23F2N3O5. The number of aromatic nitrogens is 2. The zero-order chi connectivity index (χ0) is 24.9. The van der Waals surface area contributed by atoms with E-state index >= 15 is 0 Å². The summed E-state index contributed by atoms with van der Waals surface area (Å²) in [5.41, 5.74) is 0.657. The third-order valence-electron chi connectivity index (χ3n) is 5.79. The van der Waals surface area contributed by atoms with Crippen molar-refractivity contribution in [3.05, 3.63) is 93.2 Å². The molecular weight excluding hydrogens is 460 g/mol. The Morgan fingerprint density at radius 3 is 2.66 bits per heavy atom. The number of nitrogens with zero attached hydrogens (tertiary/aromatic N) is 3. The lowest BCUT2D eigenvalue weighted by atomic mass is 10.1. The normalized spacial score (nSPS) is 13.1. The van der Waals surface area contributed by atoms with E-state index in [-0.39, 0.29) is 56.0 Å². The second-order valence-electron chi connectivity index (χ2n) is 7.96. The van der Waals surface area contributed by atoms with Gasteiger partial charge < -0.3 is 18.9 Å². The molecule has 0 unspecified atom stereocenters. The molecule has 0 aliphatic carbocycles. The topological polar surface area (TPSA) is 90.7 Å². The Labute approximate surface area is 199 Å². The summed E-state index contributed by atoms with van der Waals surface area (Å²) < 4.78 is 39.7. The fourth-order valence-electron chi connectivity index (χ4n) is 4.02. The second-order valence-corrected chi connectivity index (χ2v) is 7.96. The van der Waals surface area contributed by atoms with Gasteiger partial charge in [0.1, 0.15) is 29.6 Å². The maximum absolute atomic E-state index is 14.0. The second kappa shape index (κ2) is 10.5. The molecule has 182 valence electrons. The molecule has 0 N–H and O–H groups in total. The lowest BCUT2D eigenvalue weighted by Gasteiger charge is -2.20. The molecule has 0 saturated carbocycles. The smallest absolute Gasteiger partial charge is 0.343 e. The first kappa shape index (κ1) is 24.1. The SMILES string of the molecule is COC(=O)c1c(OCc2ccccn2)cc(=O)n2c1CCN(C(=O)Cc1cc(F)ccc1F)CC2. The van der Waals surface area contributed by atoms with E-state index in [9.17, 15) is 23.2 Å². The van der Waals surface area contributed by atoms with Crippen molar-refractivity contribution in [3.8, 4) is 5.75 Å². The Morgan fingerprint density at radius 2 is 1.91 bits per heavy atom. The Hall–Kier alpha value is -4.08. The van der Waals surface area contributed by atoms with E-state index in [2.05, 4.69) is 4.98 Å². The highest BCUT2D eigenvalue weighted by Gasteiger charge is 2.27. The van der Waals surface area contributed by atoms with Gasteiger partial charge in [-0.25, -0.2) is 13.6 Å². The van der Waals surface area contributed by atoms with E-state index in [4.69, 9.17) is 9.47 Å². The van der Waals surface area contributed by atoms with Gasteiger partial charge in [0.25, 0.3) is 5.56 Å². The van der Waals surface area contributed by atoms with Crippen LogP contribution in [0.2, 0.25) is 0 Å². The molecule has 1 aliphatic heterocycles. The summed E-state index contributed by atoms with van der Waals surface area (Å²) in [6.07, 6.45) is 1.45. The average molecular weight is 483 g/mol. The maximum atomic E-state index is 14.0.